The summed E-state index contributed by atoms with van der Waals surface area (Å²) in [6, 6.07) is 5.44. The zero-order valence-corrected chi connectivity index (χ0v) is 14.3. The molecule has 0 aliphatic heterocycles. The van der Waals surface area contributed by atoms with Crippen LogP contribution in [-0.2, 0) is 11.3 Å². The lowest BCUT2D eigenvalue weighted by atomic mass is 10.2. The maximum atomic E-state index is 12.6. The van der Waals surface area contributed by atoms with E-state index in [2.05, 4.69) is 26.2 Å². The third kappa shape index (κ3) is 3.65. The Morgan fingerprint density at radius 1 is 1.48 bits per heavy atom. The first-order chi connectivity index (χ1) is 10.1. The molecule has 0 aliphatic carbocycles. The van der Waals surface area contributed by atoms with E-state index in [-0.39, 0.29) is 17.2 Å². The number of hydrogen-bond donors (Lipinski definition) is 1. The predicted molar refractivity (Wildman–Crippen MR) is 88.8 cm³/mol. The summed E-state index contributed by atoms with van der Waals surface area (Å²) in [5.74, 6) is 0.155. The van der Waals surface area contributed by atoms with Crippen LogP contribution >= 0.6 is 27.7 Å². The molecule has 112 valence electrons. The SMILES string of the molecule is CCCn1c(SCC(=O)NC)nc2ccc(Br)cc2c1=O. The van der Waals surface area contributed by atoms with Gasteiger partial charge < -0.3 is 5.32 Å². The molecule has 21 heavy (non-hydrogen) atoms. The molecule has 0 atom stereocenters. The molecular formula is C14H16BrN3O2S. The average Bonchev–Trinajstić information content (AvgIpc) is 2.48. The van der Waals surface area contributed by atoms with Crippen molar-refractivity contribution in [1.82, 2.24) is 14.9 Å². The van der Waals surface area contributed by atoms with Crippen LogP contribution in [0.3, 0.4) is 0 Å². The minimum Gasteiger partial charge on any atom is -0.358 e. The van der Waals surface area contributed by atoms with Crippen molar-refractivity contribution >= 4 is 44.5 Å². The topological polar surface area (TPSA) is 64.0 Å². The second kappa shape index (κ2) is 7.09. The molecule has 0 aliphatic rings. The maximum absolute atomic E-state index is 12.6. The molecule has 5 nitrogen and oxygen atoms in total. The predicted octanol–water partition coefficient (Wildman–Crippen LogP) is 2.41. The Kier molecular flexibility index (Phi) is 5.41. The quantitative estimate of drug-likeness (QED) is 0.649. The molecule has 0 fully saturated rings. The number of carbonyl (C=O) groups is 1. The number of amides is 1. The fourth-order valence-electron chi connectivity index (χ4n) is 1.91. The van der Waals surface area contributed by atoms with Crippen molar-refractivity contribution in [2.45, 2.75) is 25.0 Å². The van der Waals surface area contributed by atoms with Gasteiger partial charge in [-0.05, 0) is 24.6 Å². The van der Waals surface area contributed by atoms with Gasteiger partial charge in [0.05, 0.1) is 16.7 Å². The molecule has 1 N–H and O–H groups in total. The molecule has 2 aromatic rings. The van der Waals surface area contributed by atoms with Crippen molar-refractivity contribution in [1.29, 1.82) is 0 Å². The van der Waals surface area contributed by atoms with Crippen molar-refractivity contribution in [3.63, 3.8) is 0 Å². The van der Waals surface area contributed by atoms with E-state index < -0.39 is 0 Å². The Balaban J connectivity index is 2.52. The first-order valence-electron chi connectivity index (χ1n) is 6.60. The van der Waals surface area contributed by atoms with E-state index in [0.717, 1.165) is 10.9 Å². The Morgan fingerprint density at radius 2 is 2.24 bits per heavy atom. The van der Waals surface area contributed by atoms with Gasteiger partial charge in [-0.25, -0.2) is 4.98 Å². The third-order valence-corrected chi connectivity index (χ3v) is 4.41. The number of hydrogen-bond acceptors (Lipinski definition) is 4. The van der Waals surface area contributed by atoms with E-state index in [1.807, 2.05) is 13.0 Å². The number of nitrogens with zero attached hydrogens (tertiary/aromatic N) is 2. The standard InChI is InChI=1S/C14H16BrN3O2S/c1-3-6-18-13(20)10-7-9(15)4-5-11(10)17-14(18)21-8-12(19)16-2/h4-5,7H,3,6,8H2,1-2H3,(H,16,19). The fourth-order valence-corrected chi connectivity index (χ4v) is 3.16. The van der Waals surface area contributed by atoms with Crippen LogP contribution in [0, 0.1) is 0 Å². The molecule has 1 aromatic heterocycles. The van der Waals surface area contributed by atoms with Crippen molar-refractivity contribution in [3.05, 3.63) is 33.0 Å². The molecule has 1 aromatic carbocycles. The highest BCUT2D eigenvalue weighted by Gasteiger charge is 2.12. The van der Waals surface area contributed by atoms with Gasteiger partial charge in [-0.15, -0.1) is 0 Å². The highest BCUT2D eigenvalue weighted by molar-refractivity contribution is 9.10. The van der Waals surface area contributed by atoms with Crippen LogP contribution in [0.2, 0.25) is 0 Å². The highest BCUT2D eigenvalue weighted by Crippen LogP contribution is 2.20. The van der Waals surface area contributed by atoms with Crippen molar-refractivity contribution in [2.75, 3.05) is 12.8 Å². The molecule has 0 spiro atoms. The summed E-state index contributed by atoms with van der Waals surface area (Å²) in [7, 11) is 1.59. The van der Waals surface area contributed by atoms with Crippen LogP contribution in [0.1, 0.15) is 13.3 Å². The highest BCUT2D eigenvalue weighted by atomic mass is 79.9. The number of benzene rings is 1. The van der Waals surface area contributed by atoms with Crippen LogP contribution < -0.4 is 10.9 Å². The number of carbonyl (C=O) groups excluding carboxylic acids is 1. The molecule has 0 saturated heterocycles. The summed E-state index contributed by atoms with van der Waals surface area (Å²) in [4.78, 5) is 28.5. The Hall–Kier alpha value is -1.34. The third-order valence-electron chi connectivity index (χ3n) is 2.94. The molecule has 0 bridgehead atoms. The Morgan fingerprint density at radius 3 is 2.90 bits per heavy atom. The van der Waals surface area contributed by atoms with Crippen LogP contribution in [0.4, 0.5) is 0 Å². The van der Waals surface area contributed by atoms with Gasteiger partial charge >= 0.3 is 0 Å². The zero-order chi connectivity index (χ0) is 15.4. The summed E-state index contributed by atoms with van der Waals surface area (Å²) >= 11 is 4.65. The molecule has 1 amide bonds. The van der Waals surface area contributed by atoms with Crippen molar-refractivity contribution < 1.29 is 4.79 Å². The molecule has 2 rings (SSSR count). The zero-order valence-electron chi connectivity index (χ0n) is 11.9. The second-order valence-corrected chi connectivity index (χ2v) is 6.33. The molecule has 0 saturated carbocycles. The normalized spacial score (nSPS) is 10.8. The molecule has 0 unspecified atom stereocenters. The summed E-state index contributed by atoms with van der Waals surface area (Å²) in [6.45, 7) is 2.59. The summed E-state index contributed by atoms with van der Waals surface area (Å²) in [5, 5.41) is 3.73. The Bertz CT molecular complexity index is 730. The lowest BCUT2D eigenvalue weighted by molar-refractivity contribution is -0.118. The lowest BCUT2D eigenvalue weighted by Crippen LogP contribution is -2.25. The number of fused-ring (bicyclic) bond motifs is 1. The number of halogens is 1. The lowest BCUT2D eigenvalue weighted by Gasteiger charge is -2.12. The largest absolute Gasteiger partial charge is 0.358 e. The smallest absolute Gasteiger partial charge is 0.262 e. The average molecular weight is 370 g/mol. The number of aromatic nitrogens is 2. The van der Waals surface area contributed by atoms with Gasteiger partial charge in [0.15, 0.2) is 5.16 Å². The van der Waals surface area contributed by atoms with E-state index in [9.17, 15) is 9.59 Å². The van der Waals surface area contributed by atoms with Gasteiger partial charge in [0.2, 0.25) is 5.91 Å². The van der Waals surface area contributed by atoms with E-state index in [1.54, 1.807) is 23.7 Å². The minimum atomic E-state index is -0.0896. The van der Waals surface area contributed by atoms with Crippen molar-refractivity contribution in [3.8, 4) is 0 Å². The summed E-state index contributed by atoms with van der Waals surface area (Å²) in [5.41, 5.74) is 0.581. The first kappa shape index (κ1) is 16.0. The van der Waals surface area contributed by atoms with Gasteiger partial charge in [-0.1, -0.05) is 34.6 Å². The van der Waals surface area contributed by atoms with E-state index in [1.165, 1.54) is 11.8 Å². The molecule has 7 heteroatoms. The number of nitrogens with one attached hydrogen (secondary N) is 1. The van der Waals surface area contributed by atoms with E-state index in [0.29, 0.717) is 22.6 Å². The molecule has 0 radical (unpaired) electrons. The molecular weight excluding hydrogens is 354 g/mol. The van der Waals surface area contributed by atoms with Crippen LogP contribution in [-0.4, -0.2) is 28.3 Å². The first-order valence-corrected chi connectivity index (χ1v) is 8.38. The monoisotopic (exact) mass is 369 g/mol. The number of rotatable bonds is 5. The minimum absolute atomic E-state index is 0.0671. The van der Waals surface area contributed by atoms with Gasteiger partial charge in [0, 0.05) is 18.1 Å². The molecule has 1 heterocycles. The second-order valence-electron chi connectivity index (χ2n) is 4.47. The van der Waals surface area contributed by atoms with Crippen molar-refractivity contribution in [2.24, 2.45) is 0 Å². The van der Waals surface area contributed by atoms with Crippen LogP contribution in [0.25, 0.3) is 10.9 Å². The van der Waals surface area contributed by atoms with Gasteiger partial charge in [-0.2, -0.15) is 0 Å². The fraction of sp³-hybridized carbons (Fsp3) is 0.357. The maximum Gasteiger partial charge on any atom is 0.262 e. The van der Waals surface area contributed by atoms with Gasteiger partial charge in [0.1, 0.15) is 0 Å². The van der Waals surface area contributed by atoms with Crippen LogP contribution in [0.15, 0.2) is 32.6 Å². The van der Waals surface area contributed by atoms with Crippen LogP contribution in [0.5, 0.6) is 0 Å². The van der Waals surface area contributed by atoms with E-state index in [4.69, 9.17) is 0 Å². The van der Waals surface area contributed by atoms with E-state index >= 15 is 0 Å². The Labute approximate surface area is 135 Å². The van der Waals surface area contributed by atoms with Gasteiger partial charge in [-0.3, -0.25) is 14.2 Å². The summed E-state index contributed by atoms with van der Waals surface area (Å²) in [6.07, 6.45) is 0.828. The number of thioether (sulfide) groups is 1. The van der Waals surface area contributed by atoms with Gasteiger partial charge in [0.25, 0.3) is 5.56 Å². The summed E-state index contributed by atoms with van der Waals surface area (Å²) < 4.78 is 2.49.